The van der Waals surface area contributed by atoms with E-state index in [0.29, 0.717) is 6.04 Å². The zero-order valence-electron chi connectivity index (χ0n) is 10.1. The molecule has 1 unspecified atom stereocenters. The predicted octanol–water partition coefficient (Wildman–Crippen LogP) is 2.20. The van der Waals surface area contributed by atoms with Crippen molar-refractivity contribution in [2.75, 3.05) is 0 Å². The lowest BCUT2D eigenvalue weighted by Gasteiger charge is -2.13. The van der Waals surface area contributed by atoms with Crippen molar-refractivity contribution in [3.05, 3.63) is 53.3 Å². The summed E-state index contributed by atoms with van der Waals surface area (Å²) in [7, 11) is 1.99. The van der Waals surface area contributed by atoms with Crippen LogP contribution >= 0.6 is 0 Å². The number of aryl methyl sites for hydroxylation is 2. The number of hydrogen-bond acceptors (Lipinski definition) is 2. The molecule has 3 nitrogen and oxygen atoms in total. The fourth-order valence-corrected chi connectivity index (χ4v) is 2.57. The average Bonchev–Trinajstić information content (AvgIpc) is 2.93. The molecule has 1 aliphatic rings. The van der Waals surface area contributed by atoms with E-state index in [0.717, 1.165) is 6.54 Å². The maximum Gasteiger partial charge on any atom is 0.0518 e. The number of nitrogens with one attached hydrogen (secondary N) is 1. The number of fused-ring (bicyclic) bond motifs is 1. The Morgan fingerprint density at radius 2 is 2.24 bits per heavy atom. The smallest absolute Gasteiger partial charge is 0.0518 e. The summed E-state index contributed by atoms with van der Waals surface area (Å²) >= 11 is 0. The maximum atomic E-state index is 4.18. The molecule has 0 amide bonds. The summed E-state index contributed by atoms with van der Waals surface area (Å²) in [6.07, 6.45) is 4.25. The molecule has 1 aromatic carbocycles. The molecule has 3 heteroatoms. The van der Waals surface area contributed by atoms with E-state index < -0.39 is 0 Å². The maximum absolute atomic E-state index is 4.18. The van der Waals surface area contributed by atoms with Gasteiger partial charge in [-0.1, -0.05) is 24.3 Å². The van der Waals surface area contributed by atoms with E-state index >= 15 is 0 Å². The Labute approximate surface area is 101 Å². The molecule has 1 aromatic heterocycles. The molecule has 17 heavy (non-hydrogen) atoms. The van der Waals surface area contributed by atoms with Crippen LogP contribution < -0.4 is 5.32 Å². The molecule has 0 saturated heterocycles. The summed E-state index contributed by atoms with van der Waals surface area (Å²) in [5, 5.41) is 7.80. The molecular formula is C14H17N3. The molecule has 1 aliphatic carbocycles. The Hall–Kier alpha value is -1.61. The topological polar surface area (TPSA) is 29.9 Å². The third kappa shape index (κ3) is 1.98. The molecule has 0 spiro atoms. The van der Waals surface area contributed by atoms with Gasteiger partial charge in [-0.3, -0.25) is 4.68 Å². The van der Waals surface area contributed by atoms with Crippen molar-refractivity contribution in [1.82, 2.24) is 15.1 Å². The van der Waals surface area contributed by atoms with Crippen molar-refractivity contribution < 1.29 is 0 Å². The lowest BCUT2D eigenvalue weighted by atomic mass is 10.1. The standard InChI is InChI=1S/C14H17N3/c1-17-12(8-9-16-17)10-15-14-7-6-11-4-2-3-5-13(11)14/h2-5,8-9,14-15H,6-7,10H2,1H3. The van der Waals surface area contributed by atoms with E-state index in [9.17, 15) is 0 Å². The van der Waals surface area contributed by atoms with E-state index in [1.165, 1.54) is 29.7 Å². The highest BCUT2D eigenvalue weighted by atomic mass is 15.3. The average molecular weight is 227 g/mol. The van der Waals surface area contributed by atoms with Crippen LogP contribution in [-0.4, -0.2) is 9.78 Å². The molecule has 2 aromatic rings. The minimum Gasteiger partial charge on any atom is -0.304 e. The number of hydrogen-bond donors (Lipinski definition) is 1. The number of benzene rings is 1. The molecule has 1 N–H and O–H groups in total. The van der Waals surface area contributed by atoms with Crippen LogP contribution in [0.2, 0.25) is 0 Å². The highest BCUT2D eigenvalue weighted by molar-refractivity contribution is 5.34. The summed E-state index contributed by atoms with van der Waals surface area (Å²) in [4.78, 5) is 0. The largest absolute Gasteiger partial charge is 0.304 e. The summed E-state index contributed by atoms with van der Waals surface area (Å²) in [6, 6.07) is 11.3. The van der Waals surface area contributed by atoms with E-state index in [1.807, 2.05) is 17.9 Å². The Balaban J connectivity index is 1.70. The second-order valence-electron chi connectivity index (χ2n) is 4.62. The summed E-state index contributed by atoms with van der Waals surface area (Å²) in [5.41, 5.74) is 4.19. The zero-order chi connectivity index (χ0) is 11.7. The van der Waals surface area contributed by atoms with Crippen molar-refractivity contribution in [1.29, 1.82) is 0 Å². The number of rotatable bonds is 3. The highest BCUT2D eigenvalue weighted by Crippen LogP contribution is 2.30. The van der Waals surface area contributed by atoms with Crippen LogP contribution in [0.25, 0.3) is 0 Å². The number of aromatic nitrogens is 2. The second-order valence-corrected chi connectivity index (χ2v) is 4.62. The van der Waals surface area contributed by atoms with Gasteiger partial charge in [0.15, 0.2) is 0 Å². The van der Waals surface area contributed by atoms with Gasteiger partial charge in [0.05, 0.1) is 5.69 Å². The molecule has 88 valence electrons. The highest BCUT2D eigenvalue weighted by Gasteiger charge is 2.21. The third-order valence-electron chi connectivity index (χ3n) is 3.58. The van der Waals surface area contributed by atoms with Gasteiger partial charge in [-0.25, -0.2) is 0 Å². The first kappa shape index (κ1) is 10.5. The lowest BCUT2D eigenvalue weighted by molar-refractivity contribution is 0.512. The first-order valence-corrected chi connectivity index (χ1v) is 6.12. The Morgan fingerprint density at radius 3 is 3.06 bits per heavy atom. The van der Waals surface area contributed by atoms with E-state index in [1.54, 1.807) is 0 Å². The van der Waals surface area contributed by atoms with E-state index in [2.05, 4.69) is 40.7 Å². The Morgan fingerprint density at radius 1 is 1.35 bits per heavy atom. The first-order valence-electron chi connectivity index (χ1n) is 6.12. The molecule has 0 aliphatic heterocycles. The molecule has 3 rings (SSSR count). The van der Waals surface area contributed by atoms with Crippen LogP contribution in [0, 0.1) is 0 Å². The quantitative estimate of drug-likeness (QED) is 0.871. The third-order valence-corrected chi connectivity index (χ3v) is 3.58. The summed E-state index contributed by atoms with van der Waals surface area (Å²) in [5.74, 6) is 0. The van der Waals surface area contributed by atoms with Crippen LogP contribution in [0.3, 0.4) is 0 Å². The van der Waals surface area contributed by atoms with Crippen molar-refractivity contribution in [3.8, 4) is 0 Å². The molecule has 0 fully saturated rings. The monoisotopic (exact) mass is 227 g/mol. The van der Waals surface area contributed by atoms with Gasteiger partial charge in [-0.15, -0.1) is 0 Å². The first-order chi connectivity index (χ1) is 8.34. The lowest BCUT2D eigenvalue weighted by Crippen LogP contribution is -2.20. The summed E-state index contributed by atoms with van der Waals surface area (Å²) < 4.78 is 1.92. The molecule has 0 saturated carbocycles. The van der Waals surface area contributed by atoms with Gasteiger partial charge in [0.25, 0.3) is 0 Å². The Bertz CT molecular complexity index is 516. The minimum absolute atomic E-state index is 0.501. The second kappa shape index (κ2) is 4.34. The van der Waals surface area contributed by atoms with Gasteiger partial charge in [-0.05, 0) is 30.0 Å². The molecule has 0 radical (unpaired) electrons. The van der Waals surface area contributed by atoms with Gasteiger partial charge in [0.2, 0.25) is 0 Å². The SMILES string of the molecule is Cn1nccc1CNC1CCc2ccccc21. The summed E-state index contributed by atoms with van der Waals surface area (Å²) in [6.45, 7) is 0.884. The van der Waals surface area contributed by atoms with Gasteiger partial charge in [0, 0.05) is 25.8 Å². The van der Waals surface area contributed by atoms with E-state index in [4.69, 9.17) is 0 Å². The van der Waals surface area contributed by atoms with Crippen LogP contribution in [0.4, 0.5) is 0 Å². The molecule has 1 atom stereocenters. The molecule has 1 heterocycles. The van der Waals surface area contributed by atoms with E-state index in [-0.39, 0.29) is 0 Å². The molecular weight excluding hydrogens is 210 g/mol. The fourth-order valence-electron chi connectivity index (χ4n) is 2.57. The van der Waals surface area contributed by atoms with Gasteiger partial charge in [-0.2, -0.15) is 5.10 Å². The van der Waals surface area contributed by atoms with Gasteiger partial charge < -0.3 is 5.32 Å². The zero-order valence-corrected chi connectivity index (χ0v) is 10.1. The van der Waals surface area contributed by atoms with Crippen molar-refractivity contribution in [2.45, 2.75) is 25.4 Å². The van der Waals surface area contributed by atoms with Gasteiger partial charge >= 0.3 is 0 Å². The normalized spacial score (nSPS) is 18.3. The van der Waals surface area contributed by atoms with Crippen molar-refractivity contribution in [3.63, 3.8) is 0 Å². The van der Waals surface area contributed by atoms with Gasteiger partial charge in [0.1, 0.15) is 0 Å². The minimum atomic E-state index is 0.501. The van der Waals surface area contributed by atoms with Crippen LogP contribution in [0.5, 0.6) is 0 Å². The van der Waals surface area contributed by atoms with Crippen LogP contribution in [-0.2, 0) is 20.0 Å². The predicted molar refractivity (Wildman–Crippen MR) is 67.6 cm³/mol. The molecule has 0 bridgehead atoms. The Kier molecular flexibility index (Phi) is 2.69. The number of nitrogens with zero attached hydrogens (tertiary/aromatic N) is 2. The van der Waals surface area contributed by atoms with Crippen molar-refractivity contribution >= 4 is 0 Å². The fraction of sp³-hybridized carbons (Fsp3) is 0.357. The van der Waals surface area contributed by atoms with Crippen molar-refractivity contribution in [2.24, 2.45) is 7.05 Å². The van der Waals surface area contributed by atoms with Crippen LogP contribution in [0.15, 0.2) is 36.5 Å². The van der Waals surface area contributed by atoms with Crippen LogP contribution in [0.1, 0.15) is 29.3 Å².